The molecule has 0 heteroatoms. The number of allylic oxidation sites excluding steroid dienone is 1. The van der Waals surface area contributed by atoms with E-state index in [-0.39, 0.29) is 16.2 Å². The predicted molar refractivity (Wildman–Crippen MR) is 129 cm³/mol. The summed E-state index contributed by atoms with van der Waals surface area (Å²) in [6.07, 6.45) is 12.2. The highest BCUT2D eigenvalue weighted by atomic mass is 14.4. The molecule has 2 aromatic rings. The van der Waals surface area contributed by atoms with Gasteiger partial charge in [0.2, 0.25) is 0 Å². The first-order valence-electron chi connectivity index (χ1n) is 11.6. The van der Waals surface area contributed by atoms with Crippen LogP contribution in [0.3, 0.4) is 0 Å². The van der Waals surface area contributed by atoms with Crippen molar-refractivity contribution in [3.63, 3.8) is 0 Å². The van der Waals surface area contributed by atoms with Crippen LogP contribution in [0.4, 0.5) is 0 Å². The first-order chi connectivity index (χ1) is 13.7. The topological polar surface area (TPSA) is 0 Å². The maximum atomic E-state index is 2.58. The lowest BCUT2D eigenvalue weighted by Gasteiger charge is -2.43. The molecule has 0 unspecified atom stereocenters. The molecule has 0 aliphatic heterocycles. The number of fused-ring (bicyclic) bond motifs is 1. The fraction of sp³-hybridized carbons (Fsp3) is 0.517. The zero-order valence-electron chi connectivity index (χ0n) is 19.5. The van der Waals surface area contributed by atoms with E-state index in [1.54, 1.807) is 11.1 Å². The van der Waals surface area contributed by atoms with Crippen molar-refractivity contribution in [2.24, 2.45) is 0 Å². The van der Waals surface area contributed by atoms with Crippen molar-refractivity contribution in [3.05, 3.63) is 76.9 Å². The Kier molecular flexibility index (Phi) is 6.42. The average Bonchev–Trinajstić information content (AvgIpc) is 2.71. The molecule has 1 aliphatic rings. The summed E-state index contributed by atoms with van der Waals surface area (Å²) >= 11 is 0. The van der Waals surface area contributed by atoms with Gasteiger partial charge in [0, 0.05) is 5.41 Å². The minimum atomic E-state index is 0.117. The Morgan fingerprint density at radius 2 is 1.38 bits per heavy atom. The summed E-state index contributed by atoms with van der Waals surface area (Å²) in [5, 5.41) is 0. The lowest BCUT2D eigenvalue weighted by Crippen LogP contribution is -2.35. The number of hydrogen-bond acceptors (Lipinski definition) is 0. The van der Waals surface area contributed by atoms with Crippen molar-refractivity contribution in [2.75, 3.05) is 0 Å². The van der Waals surface area contributed by atoms with E-state index < -0.39 is 0 Å². The summed E-state index contributed by atoms with van der Waals surface area (Å²) in [6.45, 7) is 14.4. The maximum Gasteiger partial charge on any atom is 0.0135 e. The number of benzene rings is 2. The van der Waals surface area contributed by atoms with Gasteiger partial charge >= 0.3 is 0 Å². The van der Waals surface area contributed by atoms with E-state index >= 15 is 0 Å². The highest BCUT2D eigenvalue weighted by Crippen LogP contribution is 2.48. The summed E-state index contributed by atoms with van der Waals surface area (Å²) in [4.78, 5) is 0. The van der Waals surface area contributed by atoms with Crippen molar-refractivity contribution in [1.29, 1.82) is 0 Å². The van der Waals surface area contributed by atoms with Crippen LogP contribution in [-0.2, 0) is 16.2 Å². The number of rotatable bonds is 7. The standard InChI is InChI=1S/C29H40/c1-7-17-29(18-8-2,19-16-23-12-10-9-11-13-23)24-14-15-25-26(22-24)28(5,6)21-20-27(25,3)4/h9-16,19,22H,7-8,17-18,20-21H2,1-6H3/b19-16+. The lowest BCUT2D eigenvalue weighted by atomic mass is 9.61. The molecule has 0 spiro atoms. The van der Waals surface area contributed by atoms with Gasteiger partial charge in [-0.15, -0.1) is 0 Å². The van der Waals surface area contributed by atoms with E-state index in [2.05, 4.69) is 102 Å². The third-order valence-corrected chi connectivity index (χ3v) is 7.21. The molecule has 0 N–H and O–H groups in total. The van der Waals surface area contributed by atoms with Gasteiger partial charge < -0.3 is 0 Å². The van der Waals surface area contributed by atoms with Gasteiger partial charge in [-0.1, -0.05) is 115 Å². The second-order valence-corrected chi connectivity index (χ2v) is 10.4. The largest absolute Gasteiger partial charge is 0.0733 e. The zero-order valence-corrected chi connectivity index (χ0v) is 19.5. The Balaban J connectivity index is 2.12. The van der Waals surface area contributed by atoms with Crippen molar-refractivity contribution in [2.45, 2.75) is 96.3 Å². The molecular formula is C29H40. The minimum absolute atomic E-state index is 0.117. The molecule has 2 aromatic carbocycles. The molecule has 3 rings (SSSR count). The van der Waals surface area contributed by atoms with Crippen LogP contribution in [0.1, 0.15) is 102 Å². The Morgan fingerprint density at radius 3 is 1.97 bits per heavy atom. The van der Waals surface area contributed by atoms with Gasteiger partial charge in [0.1, 0.15) is 0 Å². The molecule has 0 nitrogen and oxygen atoms in total. The van der Waals surface area contributed by atoms with Crippen LogP contribution in [0.25, 0.3) is 6.08 Å². The van der Waals surface area contributed by atoms with Gasteiger partial charge in [-0.3, -0.25) is 0 Å². The van der Waals surface area contributed by atoms with Gasteiger partial charge in [0.15, 0.2) is 0 Å². The van der Waals surface area contributed by atoms with Crippen LogP contribution >= 0.6 is 0 Å². The Morgan fingerprint density at radius 1 is 0.793 bits per heavy atom. The van der Waals surface area contributed by atoms with Crippen molar-refractivity contribution < 1.29 is 0 Å². The monoisotopic (exact) mass is 388 g/mol. The normalized spacial score (nSPS) is 18.0. The summed E-state index contributed by atoms with van der Waals surface area (Å²) in [7, 11) is 0. The molecule has 0 fully saturated rings. The predicted octanol–water partition coefficient (Wildman–Crippen LogP) is 8.59. The smallest absolute Gasteiger partial charge is 0.0135 e. The molecule has 0 bridgehead atoms. The quantitative estimate of drug-likeness (QED) is 0.445. The molecule has 0 aromatic heterocycles. The highest BCUT2D eigenvalue weighted by molar-refractivity contribution is 5.54. The minimum Gasteiger partial charge on any atom is -0.0733 e. The first-order valence-corrected chi connectivity index (χ1v) is 11.6. The molecule has 0 amide bonds. The van der Waals surface area contributed by atoms with Crippen LogP contribution < -0.4 is 0 Å². The van der Waals surface area contributed by atoms with E-state index in [0.29, 0.717) is 0 Å². The molecule has 0 atom stereocenters. The molecule has 156 valence electrons. The molecule has 0 heterocycles. The van der Waals surface area contributed by atoms with Crippen molar-refractivity contribution in [3.8, 4) is 0 Å². The van der Waals surface area contributed by atoms with Crippen LogP contribution in [0, 0.1) is 0 Å². The molecule has 0 radical (unpaired) electrons. The van der Waals surface area contributed by atoms with Gasteiger partial charge in [0.25, 0.3) is 0 Å². The highest BCUT2D eigenvalue weighted by Gasteiger charge is 2.38. The van der Waals surface area contributed by atoms with E-state index in [4.69, 9.17) is 0 Å². The first kappa shape index (κ1) is 21.9. The van der Waals surface area contributed by atoms with Gasteiger partial charge in [-0.25, -0.2) is 0 Å². The van der Waals surface area contributed by atoms with E-state index in [1.165, 1.54) is 49.7 Å². The maximum absolute atomic E-state index is 2.58. The number of hydrogen-bond donors (Lipinski definition) is 0. The van der Waals surface area contributed by atoms with Gasteiger partial charge in [-0.05, 0) is 58.8 Å². The molecule has 1 aliphatic carbocycles. The van der Waals surface area contributed by atoms with Gasteiger partial charge in [0.05, 0.1) is 0 Å². The zero-order chi connectivity index (χ0) is 21.1. The molecule has 0 saturated carbocycles. The van der Waals surface area contributed by atoms with Gasteiger partial charge in [-0.2, -0.15) is 0 Å². The van der Waals surface area contributed by atoms with Crippen molar-refractivity contribution in [1.82, 2.24) is 0 Å². The lowest BCUT2D eigenvalue weighted by molar-refractivity contribution is 0.330. The second-order valence-electron chi connectivity index (χ2n) is 10.4. The summed E-state index contributed by atoms with van der Waals surface area (Å²) in [5.74, 6) is 0. The molecule has 0 saturated heterocycles. The Bertz CT molecular complexity index is 830. The third-order valence-electron chi connectivity index (χ3n) is 7.21. The summed E-state index contributed by atoms with van der Waals surface area (Å²) in [6, 6.07) is 18.3. The van der Waals surface area contributed by atoms with E-state index in [0.717, 1.165) is 0 Å². The van der Waals surface area contributed by atoms with Crippen LogP contribution in [0.2, 0.25) is 0 Å². The second kappa shape index (κ2) is 8.50. The fourth-order valence-corrected chi connectivity index (χ4v) is 5.29. The molecule has 29 heavy (non-hydrogen) atoms. The van der Waals surface area contributed by atoms with E-state index in [1.807, 2.05) is 0 Å². The van der Waals surface area contributed by atoms with Crippen LogP contribution in [0.5, 0.6) is 0 Å². The summed E-state index contributed by atoms with van der Waals surface area (Å²) < 4.78 is 0. The Labute approximate surface area is 179 Å². The third kappa shape index (κ3) is 4.52. The van der Waals surface area contributed by atoms with Crippen molar-refractivity contribution >= 4 is 6.08 Å². The Hall–Kier alpha value is -1.82. The average molecular weight is 389 g/mol. The summed E-state index contributed by atoms with van der Waals surface area (Å²) in [5.41, 5.74) is 6.60. The fourth-order valence-electron chi connectivity index (χ4n) is 5.29. The molecular weight excluding hydrogens is 348 g/mol. The van der Waals surface area contributed by atoms with E-state index in [9.17, 15) is 0 Å². The van der Waals surface area contributed by atoms with Crippen LogP contribution in [-0.4, -0.2) is 0 Å². The SMILES string of the molecule is CCCC(/C=C/c1ccccc1)(CCC)c1ccc2c(c1)C(C)(C)CCC2(C)C. The van der Waals surface area contributed by atoms with Crippen LogP contribution in [0.15, 0.2) is 54.6 Å².